The Morgan fingerprint density at radius 2 is 2.07 bits per heavy atom. The minimum absolute atomic E-state index is 0.132. The fourth-order valence-electron chi connectivity index (χ4n) is 3.00. The topological polar surface area (TPSA) is 60.3 Å². The Bertz CT molecular complexity index is 834. The highest BCUT2D eigenvalue weighted by atomic mass is 19.4. The number of nitrogens with zero attached hydrogens (tertiary/aromatic N) is 4. The highest BCUT2D eigenvalue weighted by molar-refractivity contribution is 5.37. The van der Waals surface area contributed by atoms with E-state index in [1.807, 2.05) is 18.7 Å². The summed E-state index contributed by atoms with van der Waals surface area (Å²) in [4.78, 5) is 22.4. The van der Waals surface area contributed by atoms with Crippen LogP contribution in [0.25, 0.3) is 0 Å². The molecule has 0 saturated carbocycles. The lowest BCUT2D eigenvalue weighted by Crippen LogP contribution is -2.33. The van der Waals surface area contributed by atoms with E-state index >= 15 is 0 Å². The molecule has 27 heavy (non-hydrogen) atoms. The van der Waals surface area contributed by atoms with E-state index in [4.69, 9.17) is 4.74 Å². The molecule has 1 saturated heterocycles. The van der Waals surface area contributed by atoms with E-state index in [1.54, 1.807) is 17.0 Å². The van der Waals surface area contributed by atoms with Gasteiger partial charge in [0.15, 0.2) is 5.82 Å². The molecule has 0 amide bonds. The number of halogens is 3. The van der Waals surface area contributed by atoms with Crippen LogP contribution < -0.4 is 15.2 Å². The number of aromatic nitrogens is 3. The summed E-state index contributed by atoms with van der Waals surface area (Å²) in [5.41, 5.74) is -0.971. The molecule has 0 bridgehead atoms. The van der Waals surface area contributed by atoms with Crippen LogP contribution >= 0.6 is 0 Å². The highest BCUT2D eigenvalue weighted by Gasteiger charge is 2.31. The molecule has 1 atom stereocenters. The standard InChI is InChI=1S/C18H21F3N4O2/c1-12(2)10-25-8-6-22-16(17(25)26)24-7-5-14(11-24)27-15-4-3-13(9-23-15)18(19,20)21/h3-4,6,8-9,12,14H,5,7,10-11H2,1-2H3. The first kappa shape index (κ1) is 19.2. The summed E-state index contributed by atoms with van der Waals surface area (Å²) in [5.74, 6) is 0.830. The maximum atomic E-state index is 12.6. The van der Waals surface area contributed by atoms with Gasteiger partial charge in [0.1, 0.15) is 6.10 Å². The molecule has 0 N–H and O–H groups in total. The van der Waals surface area contributed by atoms with Crippen molar-refractivity contribution in [2.75, 3.05) is 18.0 Å². The Hall–Kier alpha value is -2.58. The van der Waals surface area contributed by atoms with Gasteiger partial charge in [0.25, 0.3) is 5.56 Å². The zero-order valence-corrected chi connectivity index (χ0v) is 15.1. The van der Waals surface area contributed by atoms with E-state index < -0.39 is 11.7 Å². The predicted molar refractivity (Wildman–Crippen MR) is 93.8 cm³/mol. The van der Waals surface area contributed by atoms with Gasteiger partial charge in [-0.15, -0.1) is 0 Å². The summed E-state index contributed by atoms with van der Waals surface area (Å²) in [5, 5.41) is 0. The van der Waals surface area contributed by atoms with Gasteiger partial charge in [0.2, 0.25) is 5.88 Å². The largest absolute Gasteiger partial charge is 0.472 e. The van der Waals surface area contributed by atoms with Crippen LogP contribution in [0.4, 0.5) is 19.0 Å². The van der Waals surface area contributed by atoms with Crippen LogP contribution in [-0.2, 0) is 12.7 Å². The fourth-order valence-corrected chi connectivity index (χ4v) is 3.00. The van der Waals surface area contributed by atoms with E-state index in [0.29, 0.717) is 37.8 Å². The lowest BCUT2D eigenvalue weighted by molar-refractivity contribution is -0.137. The van der Waals surface area contributed by atoms with Crippen LogP contribution in [0.3, 0.4) is 0 Å². The van der Waals surface area contributed by atoms with Crippen LogP contribution in [0, 0.1) is 5.92 Å². The molecule has 1 aliphatic heterocycles. The first-order valence-electron chi connectivity index (χ1n) is 8.74. The second-order valence-corrected chi connectivity index (χ2v) is 6.96. The van der Waals surface area contributed by atoms with E-state index in [-0.39, 0.29) is 17.5 Å². The Morgan fingerprint density at radius 3 is 2.70 bits per heavy atom. The van der Waals surface area contributed by atoms with E-state index in [9.17, 15) is 18.0 Å². The predicted octanol–water partition coefficient (Wildman–Crippen LogP) is 2.97. The monoisotopic (exact) mass is 382 g/mol. The molecule has 3 rings (SSSR count). The minimum Gasteiger partial charge on any atom is -0.472 e. The van der Waals surface area contributed by atoms with Crippen molar-refractivity contribution in [3.8, 4) is 5.88 Å². The van der Waals surface area contributed by atoms with Crippen molar-refractivity contribution in [1.82, 2.24) is 14.5 Å². The lowest BCUT2D eigenvalue weighted by Gasteiger charge is -2.18. The number of ether oxygens (including phenoxy) is 1. The highest BCUT2D eigenvalue weighted by Crippen LogP contribution is 2.29. The Morgan fingerprint density at radius 1 is 1.30 bits per heavy atom. The molecule has 2 aromatic rings. The summed E-state index contributed by atoms with van der Waals surface area (Å²) in [7, 11) is 0. The van der Waals surface area contributed by atoms with Gasteiger partial charge < -0.3 is 14.2 Å². The Balaban J connectivity index is 1.66. The van der Waals surface area contributed by atoms with Crippen molar-refractivity contribution in [2.45, 2.75) is 39.1 Å². The number of hydrogen-bond acceptors (Lipinski definition) is 5. The van der Waals surface area contributed by atoms with Crippen molar-refractivity contribution in [2.24, 2.45) is 5.92 Å². The molecule has 0 spiro atoms. The molecular formula is C18H21F3N4O2. The second kappa shape index (κ2) is 7.58. The van der Waals surface area contributed by atoms with Gasteiger partial charge in [-0.05, 0) is 12.0 Å². The number of anilines is 1. The van der Waals surface area contributed by atoms with Gasteiger partial charge in [-0.25, -0.2) is 9.97 Å². The third-order valence-electron chi connectivity index (χ3n) is 4.25. The Kier molecular flexibility index (Phi) is 5.38. The van der Waals surface area contributed by atoms with Crippen LogP contribution in [0.15, 0.2) is 35.5 Å². The van der Waals surface area contributed by atoms with Gasteiger partial charge >= 0.3 is 6.18 Å². The lowest BCUT2D eigenvalue weighted by atomic mass is 10.2. The third kappa shape index (κ3) is 4.58. The van der Waals surface area contributed by atoms with Gasteiger partial charge in [0, 0.05) is 44.2 Å². The van der Waals surface area contributed by atoms with Crippen molar-refractivity contribution >= 4 is 5.82 Å². The third-order valence-corrected chi connectivity index (χ3v) is 4.25. The molecule has 0 aliphatic carbocycles. The average Bonchev–Trinajstić information content (AvgIpc) is 3.04. The molecule has 1 unspecified atom stereocenters. The fraction of sp³-hybridized carbons (Fsp3) is 0.500. The van der Waals surface area contributed by atoms with Crippen molar-refractivity contribution in [1.29, 1.82) is 0 Å². The molecular weight excluding hydrogens is 361 g/mol. The summed E-state index contributed by atoms with van der Waals surface area (Å²) in [6, 6.07) is 2.15. The van der Waals surface area contributed by atoms with Crippen LogP contribution in [0.2, 0.25) is 0 Å². The molecule has 0 radical (unpaired) electrons. The molecule has 9 heteroatoms. The maximum Gasteiger partial charge on any atom is 0.417 e. The SMILES string of the molecule is CC(C)Cn1ccnc(N2CCC(Oc3ccc(C(F)(F)F)cn3)C2)c1=O. The quantitative estimate of drug-likeness (QED) is 0.796. The molecule has 146 valence electrons. The van der Waals surface area contributed by atoms with E-state index in [0.717, 1.165) is 12.3 Å². The summed E-state index contributed by atoms with van der Waals surface area (Å²) in [6.45, 7) is 5.68. The van der Waals surface area contributed by atoms with Gasteiger partial charge in [-0.3, -0.25) is 4.79 Å². The minimum atomic E-state index is -4.43. The molecule has 0 aromatic carbocycles. The number of pyridine rings is 1. The van der Waals surface area contributed by atoms with E-state index in [2.05, 4.69) is 9.97 Å². The molecule has 1 aliphatic rings. The summed E-state index contributed by atoms with van der Waals surface area (Å²) >= 11 is 0. The van der Waals surface area contributed by atoms with Gasteiger partial charge in [0.05, 0.1) is 12.1 Å². The number of rotatable bonds is 5. The zero-order chi connectivity index (χ0) is 19.6. The molecule has 2 aromatic heterocycles. The zero-order valence-electron chi connectivity index (χ0n) is 15.1. The summed E-state index contributed by atoms with van der Waals surface area (Å²) in [6.07, 6.45) is -0.0415. The van der Waals surface area contributed by atoms with Crippen LogP contribution in [0.1, 0.15) is 25.8 Å². The first-order valence-corrected chi connectivity index (χ1v) is 8.74. The number of hydrogen-bond donors (Lipinski definition) is 0. The van der Waals surface area contributed by atoms with Crippen LogP contribution in [0.5, 0.6) is 5.88 Å². The molecule has 3 heterocycles. The van der Waals surface area contributed by atoms with Crippen molar-refractivity contribution in [3.63, 3.8) is 0 Å². The van der Waals surface area contributed by atoms with Crippen molar-refractivity contribution < 1.29 is 17.9 Å². The van der Waals surface area contributed by atoms with E-state index in [1.165, 1.54) is 6.07 Å². The smallest absolute Gasteiger partial charge is 0.417 e. The van der Waals surface area contributed by atoms with Gasteiger partial charge in [-0.1, -0.05) is 13.8 Å². The second-order valence-electron chi connectivity index (χ2n) is 6.96. The molecule has 1 fully saturated rings. The average molecular weight is 382 g/mol. The Labute approximate surface area is 154 Å². The summed E-state index contributed by atoms with van der Waals surface area (Å²) < 4.78 is 45.1. The number of alkyl halides is 3. The maximum absolute atomic E-state index is 12.6. The molecule has 6 nitrogen and oxygen atoms in total. The van der Waals surface area contributed by atoms with Crippen LogP contribution in [-0.4, -0.2) is 33.7 Å². The normalized spacial score (nSPS) is 17.6. The van der Waals surface area contributed by atoms with Crippen molar-refractivity contribution in [3.05, 3.63) is 46.6 Å². The van der Waals surface area contributed by atoms with Gasteiger partial charge in [-0.2, -0.15) is 13.2 Å². The first-order chi connectivity index (χ1) is 12.7.